The molecule has 6 heteroatoms. The molecule has 1 aliphatic rings. The Morgan fingerprint density at radius 1 is 1.33 bits per heavy atom. The number of carbonyl (C=O) groups is 2. The van der Waals surface area contributed by atoms with Gasteiger partial charge in [-0.3, -0.25) is 4.79 Å². The quantitative estimate of drug-likeness (QED) is 0.698. The molecule has 0 aromatic carbocycles. The number of hydrogen-bond acceptors (Lipinski definition) is 5. The maximum absolute atomic E-state index is 11.9. The third kappa shape index (κ3) is 4.52. The summed E-state index contributed by atoms with van der Waals surface area (Å²) >= 11 is 0. The molecule has 0 spiro atoms. The van der Waals surface area contributed by atoms with Gasteiger partial charge < -0.3 is 19.7 Å². The van der Waals surface area contributed by atoms with E-state index in [2.05, 4.69) is 5.32 Å². The summed E-state index contributed by atoms with van der Waals surface area (Å²) in [5.74, 6) is -0.650. The molecule has 1 aliphatic heterocycles. The number of nitrogens with one attached hydrogen (secondary N) is 1. The van der Waals surface area contributed by atoms with E-state index in [0.29, 0.717) is 26.2 Å². The first-order valence-corrected chi connectivity index (χ1v) is 6.10. The van der Waals surface area contributed by atoms with Gasteiger partial charge in [0, 0.05) is 26.2 Å². The van der Waals surface area contributed by atoms with Crippen LogP contribution in [0.25, 0.3) is 0 Å². The van der Waals surface area contributed by atoms with Gasteiger partial charge in [0.25, 0.3) is 0 Å². The highest BCUT2D eigenvalue weighted by Crippen LogP contribution is 2.13. The van der Waals surface area contributed by atoms with Crippen LogP contribution < -0.4 is 5.32 Å². The number of nitrogens with zero attached hydrogens (tertiary/aromatic N) is 1. The molecule has 18 heavy (non-hydrogen) atoms. The van der Waals surface area contributed by atoms with E-state index in [1.54, 1.807) is 4.90 Å². The molecule has 1 rings (SSSR count). The van der Waals surface area contributed by atoms with Crippen LogP contribution in [0.3, 0.4) is 0 Å². The van der Waals surface area contributed by atoms with Crippen LogP contribution in [0.4, 0.5) is 4.79 Å². The van der Waals surface area contributed by atoms with Crippen molar-refractivity contribution in [3.8, 4) is 0 Å². The van der Waals surface area contributed by atoms with Crippen molar-refractivity contribution in [3.05, 3.63) is 0 Å². The second kappa shape index (κ2) is 6.04. The van der Waals surface area contributed by atoms with E-state index in [-0.39, 0.29) is 18.0 Å². The van der Waals surface area contributed by atoms with Crippen LogP contribution in [0, 0.1) is 5.92 Å². The molecule has 6 nitrogen and oxygen atoms in total. The van der Waals surface area contributed by atoms with Crippen LogP contribution in [-0.4, -0.2) is 55.9 Å². The number of ether oxygens (including phenoxy) is 2. The van der Waals surface area contributed by atoms with Crippen LogP contribution in [0.2, 0.25) is 0 Å². The fourth-order valence-electron chi connectivity index (χ4n) is 1.73. The Morgan fingerprint density at radius 3 is 2.56 bits per heavy atom. The minimum absolute atomic E-state index is 0.307. The van der Waals surface area contributed by atoms with Crippen molar-refractivity contribution < 1.29 is 19.1 Å². The molecule has 0 saturated carbocycles. The lowest BCUT2D eigenvalue weighted by atomic mass is 10.1. The van der Waals surface area contributed by atoms with Gasteiger partial charge >= 0.3 is 12.1 Å². The Hall–Kier alpha value is -1.30. The van der Waals surface area contributed by atoms with Gasteiger partial charge in [-0.2, -0.15) is 0 Å². The van der Waals surface area contributed by atoms with Crippen molar-refractivity contribution in [3.63, 3.8) is 0 Å². The second-order valence-corrected chi connectivity index (χ2v) is 5.35. The number of esters is 1. The van der Waals surface area contributed by atoms with Crippen LogP contribution in [-0.2, 0) is 14.3 Å². The van der Waals surface area contributed by atoms with Gasteiger partial charge in [-0.15, -0.1) is 0 Å². The first kappa shape index (κ1) is 14.8. The first-order chi connectivity index (χ1) is 8.33. The second-order valence-electron chi connectivity index (χ2n) is 5.35. The monoisotopic (exact) mass is 258 g/mol. The van der Waals surface area contributed by atoms with Crippen LogP contribution in [0.5, 0.6) is 0 Å². The zero-order valence-corrected chi connectivity index (χ0v) is 11.5. The van der Waals surface area contributed by atoms with Crippen molar-refractivity contribution in [1.82, 2.24) is 10.2 Å². The Balaban J connectivity index is 2.64. The SMILES string of the molecule is COC(=O)C1CNCCN(C(=O)OC(C)(C)C)C1. The van der Waals surface area contributed by atoms with Gasteiger partial charge in [-0.1, -0.05) is 0 Å². The van der Waals surface area contributed by atoms with E-state index < -0.39 is 5.60 Å². The average molecular weight is 258 g/mol. The lowest BCUT2D eigenvalue weighted by molar-refractivity contribution is -0.145. The Morgan fingerprint density at radius 2 is 2.00 bits per heavy atom. The molecular weight excluding hydrogens is 236 g/mol. The Kier molecular flexibility index (Phi) is 4.95. The van der Waals surface area contributed by atoms with Crippen molar-refractivity contribution >= 4 is 12.1 Å². The van der Waals surface area contributed by atoms with E-state index in [4.69, 9.17) is 9.47 Å². The van der Waals surface area contributed by atoms with Crippen LogP contribution in [0.15, 0.2) is 0 Å². The zero-order chi connectivity index (χ0) is 13.8. The summed E-state index contributed by atoms with van der Waals surface area (Å²) in [6, 6.07) is 0. The first-order valence-electron chi connectivity index (χ1n) is 6.10. The maximum Gasteiger partial charge on any atom is 0.410 e. The fourth-order valence-corrected chi connectivity index (χ4v) is 1.73. The molecule has 0 aliphatic carbocycles. The normalized spacial score (nSPS) is 21.1. The van der Waals surface area contributed by atoms with Crippen molar-refractivity contribution in [1.29, 1.82) is 0 Å². The smallest absolute Gasteiger partial charge is 0.410 e. The zero-order valence-electron chi connectivity index (χ0n) is 11.5. The van der Waals surface area contributed by atoms with E-state index in [9.17, 15) is 9.59 Å². The van der Waals surface area contributed by atoms with Crippen LogP contribution in [0.1, 0.15) is 20.8 Å². The minimum Gasteiger partial charge on any atom is -0.469 e. The van der Waals surface area contributed by atoms with Crippen molar-refractivity contribution in [2.75, 3.05) is 33.3 Å². The number of rotatable bonds is 1. The summed E-state index contributed by atoms with van der Waals surface area (Å²) in [6.45, 7) is 7.48. The number of carbonyl (C=O) groups excluding carboxylic acids is 2. The maximum atomic E-state index is 11.9. The van der Waals surface area contributed by atoms with E-state index in [1.807, 2.05) is 20.8 Å². The van der Waals surface area contributed by atoms with Gasteiger partial charge in [-0.25, -0.2) is 4.79 Å². The summed E-state index contributed by atoms with van der Waals surface area (Å²) in [6.07, 6.45) is -0.389. The topological polar surface area (TPSA) is 67.9 Å². The molecule has 0 aromatic rings. The lowest BCUT2D eigenvalue weighted by Crippen LogP contribution is -2.41. The highest BCUT2D eigenvalue weighted by Gasteiger charge is 2.29. The summed E-state index contributed by atoms with van der Waals surface area (Å²) in [4.78, 5) is 25.0. The molecule has 1 fully saturated rings. The van der Waals surface area contributed by atoms with Gasteiger partial charge in [0.05, 0.1) is 13.0 Å². The third-order valence-electron chi connectivity index (χ3n) is 2.58. The highest BCUT2D eigenvalue weighted by molar-refractivity contribution is 5.74. The fraction of sp³-hybridized carbons (Fsp3) is 0.833. The Labute approximate surface area is 108 Å². The summed E-state index contributed by atoms with van der Waals surface area (Å²) in [5.41, 5.74) is -0.530. The van der Waals surface area contributed by atoms with Crippen molar-refractivity contribution in [2.24, 2.45) is 5.92 Å². The molecule has 0 radical (unpaired) electrons. The molecule has 1 amide bonds. The Bertz CT molecular complexity index is 312. The average Bonchev–Trinajstić information content (AvgIpc) is 2.51. The summed E-state index contributed by atoms with van der Waals surface area (Å²) < 4.78 is 10.0. The molecule has 1 heterocycles. The molecule has 0 aromatic heterocycles. The van der Waals surface area contributed by atoms with Gasteiger partial charge in [-0.05, 0) is 20.8 Å². The molecule has 1 N–H and O–H groups in total. The van der Waals surface area contributed by atoms with Gasteiger partial charge in [0.15, 0.2) is 0 Å². The molecule has 104 valence electrons. The molecule has 1 unspecified atom stereocenters. The molecule has 1 saturated heterocycles. The third-order valence-corrected chi connectivity index (χ3v) is 2.58. The predicted octanol–water partition coefficient (Wildman–Crippen LogP) is 0.616. The number of amides is 1. The highest BCUT2D eigenvalue weighted by atomic mass is 16.6. The molecule has 0 bridgehead atoms. The summed E-state index contributed by atoms with van der Waals surface area (Å²) in [7, 11) is 1.35. The van der Waals surface area contributed by atoms with Crippen molar-refractivity contribution in [2.45, 2.75) is 26.4 Å². The van der Waals surface area contributed by atoms with Gasteiger partial charge in [0.2, 0.25) is 0 Å². The molecular formula is C12H22N2O4. The largest absolute Gasteiger partial charge is 0.469 e. The number of hydrogen-bond donors (Lipinski definition) is 1. The van der Waals surface area contributed by atoms with Gasteiger partial charge in [0.1, 0.15) is 5.60 Å². The van der Waals surface area contributed by atoms with E-state index in [0.717, 1.165) is 0 Å². The van der Waals surface area contributed by atoms with E-state index in [1.165, 1.54) is 7.11 Å². The standard InChI is InChI=1S/C12H22N2O4/c1-12(2,3)18-11(16)14-6-5-13-7-9(8-14)10(15)17-4/h9,13H,5-8H2,1-4H3. The molecule has 1 atom stereocenters. The minimum atomic E-state index is -0.530. The predicted molar refractivity (Wildman–Crippen MR) is 66.2 cm³/mol. The van der Waals surface area contributed by atoms with E-state index >= 15 is 0 Å². The number of methoxy groups -OCH3 is 1. The van der Waals surface area contributed by atoms with Crippen LogP contribution >= 0.6 is 0 Å². The summed E-state index contributed by atoms with van der Waals surface area (Å²) in [5, 5.41) is 3.11. The lowest BCUT2D eigenvalue weighted by Gasteiger charge is -2.27.